The highest BCUT2D eigenvalue weighted by molar-refractivity contribution is 7.10. The van der Waals surface area contributed by atoms with Crippen molar-refractivity contribution in [3.05, 3.63) is 21.9 Å². The Morgan fingerprint density at radius 3 is 2.71 bits per heavy atom. The van der Waals surface area contributed by atoms with Gasteiger partial charge in [0.1, 0.15) is 0 Å². The molecule has 2 rings (SSSR count). The summed E-state index contributed by atoms with van der Waals surface area (Å²) in [6, 6.07) is 2.13. The molecule has 1 aromatic rings. The van der Waals surface area contributed by atoms with Crippen LogP contribution in [0, 0.1) is 0 Å². The predicted octanol–water partition coefficient (Wildman–Crippen LogP) is 1.23. The number of amides is 1. The van der Waals surface area contributed by atoms with Crippen molar-refractivity contribution in [1.82, 2.24) is 9.80 Å². The van der Waals surface area contributed by atoms with Gasteiger partial charge in [-0.05, 0) is 23.4 Å². The van der Waals surface area contributed by atoms with E-state index in [4.69, 9.17) is 9.47 Å². The number of carbonyl (C=O) groups is 1. The molecule has 1 amide bonds. The molecule has 0 fully saturated rings. The standard InChI is InChI=1S/C15H24N2O3S/c1-19-8-6-16(7-9-20-2)12-15(18)17-5-3-14-13(11-17)4-10-21-14/h4,10H,3,5-9,11-12H2,1-2H3. The second kappa shape index (κ2) is 8.48. The van der Waals surface area contributed by atoms with Gasteiger partial charge in [0.15, 0.2) is 0 Å². The third-order valence-corrected chi connectivity index (χ3v) is 4.77. The summed E-state index contributed by atoms with van der Waals surface area (Å²) in [5.74, 6) is 0.194. The van der Waals surface area contributed by atoms with Crippen LogP contribution in [0.15, 0.2) is 11.4 Å². The van der Waals surface area contributed by atoms with Crippen molar-refractivity contribution in [3.8, 4) is 0 Å². The van der Waals surface area contributed by atoms with Crippen LogP contribution in [0.1, 0.15) is 10.4 Å². The van der Waals surface area contributed by atoms with E-state index in [0.717, 1.165) is 32.6 Å². The first-order valence-electron chi connectivity index (χ1n) is 7.28. The highest BCUT2D eigenvalue weighted by Gasteiger charge is 2.22. The van der Waals surface area contributed by atoms with E-state index in [1.165, 1.54) is 10.4 Å². The average molecular weight is 312 g/mol. The van der Waals surface area contributed by atoms with E-state index < -0.39 is 0 Å². The van der Waals surface area contributed by atoms with Gasteiger partial charge in [-0.2, -0.15) is 0 Å². The number of methoxy groups -OCH3 is 2. The van der Waals surface area contributed by atoms with Gasteiger partial charge < -0.3 is 14.4 Å². The maximum absolute atomic E-state index is 12.5. The molecule has 1 aromatic heterocycles. The van der Waals surface area contributed by atoms with E-state index in [9.17, 15) is 4.79 Å². The summed E-state index contributed by atoms with van der Waals surface area (Å²) >= 11 is 1.79. The van der Waals surface area contributed by atoms with Gasteiger partial charge in [0.05, 0.1) is 19.8 Å². The minimum Gasteiger partial charge on any atom is -0.383 e. The van der Waals surface area contributed by atoms with Crippen molar-refractivity contribution in [2.75, 3.05) is 53.6 Å². The molecular formula is C15H24N2O3S. The van der Waals surface area contributed by atoms with Gasteiger partial charge in [-0.1, -0.05) is 0 Å². The second-order valence-electron chi connectivity index (χ2n) is 5.20. The molecular weight excluding hydrogens is 288 g/mol. The van der Waals surface area contributed by atoms with Gasteiger partial charge in [-0.3, -0.25) is 9.69 Å². The third kappa shape index (κ3) is 4.78. The Kier molecular flexibility index (Phi) is 6.63. The average Bonchev–Trinajstić information content (AvgIpc) is 2.97. The number of hydrogen-bond acceptors (Lipinski definition) is 5. The van der Waals surface area contributed by atoms with Gasteiger partial charge in [-0.25, -0.2) is 0 Å². The fraction of sp³-hybridized carbons (Fsp3) is 0.667. The first-order chi connectivity index (χ1) is 10.2. The van der Waals surface area contributed by atoms with Crippen LogP contribution in [0.2, 0.25) is 0 Å². The van der Waals surface area contributed by atoms with E-state index in [1.54, 1.807) is 25.6 Å². The van der Waals surface area contributed by atoms with Gasteiger partial charge in [0.25, 0.3) is 0 Å². The fourth-order valence-corrected chi connectivity index (χ4v) is 3.35. The number of carbonyl (C=O) groups excluding carboxylic acids is 1. The molecule has 0 unspecified atom stereocenters. The van der Waals surface area contributed by atoms with Crippen molar-refractivity contribution in [2.45, 2.75) is 13.0 Å². The van der Waals surface area contributed by atoms with Crippen LogP contribution < -0.4 is 0 Å². The lowest BCUT2D eigenvalue weighted by Crippen LogP contribution is -2.44. The Morgan fingerprint density at radius 1 is 1.33 bits per heavy atom. The molecule has 0 bridgehead atoms. The normalized spacial score (nSPS) is 14.5. The molecule has 0 saturated heterocycles. The van der Waals surface area contributed by atoms with Gasteiger partial charge in [-0.15, -0.1) is 11.3 Å². The van der Waals surface area contributed by atoms with Crippen molar-refractivity contribution >= 4 is 17.2 Å². The quantitative estimate of drug-likeness (QED) is 0.724. The number of hydrogen-bond donors (Lipinski definition) is 0. The molecule has 1 aliphatic rings. The highest BCUT2D eigenvalue weighted by atomic mass is 32.1. The zero-order chi connectivity index (χ0) is 15.1. The Morgan fingerprint density at radius 2 is 2.05 bits per heavy atom. The van der Waals surface area contributed by atoms with E-state index in [0.29, 0.717) is 19.8 Å². The summed E-state index contributed by atoms with van der Waals surface area (Å²) in [7, 11) is 3.36. The lowest BCUT2D eigenvalue weighted by Gasteiger charge is -2.30. The monoisotopic (exact) mass is 312 g/mol. The summed E-state index contributed by atoms with van der Waals surface area (Å²) in [6.07, 6.45) is 0.981. The molecule has 5 nitrogen and oxygen atoms in total. The van der Waals surface area contributed by atoms with Gasteiger partial charge in [0, 0.05) is 45.3 Å². The number of rotatable bonds is 8. The van der Waals surface area contributed by atoms with Crippen LogP contribution in [0.4, 0.5) is 0 Å². The molecule has 118 valence electrons. The molecule has 0 spiro atoms. The van der Waals surface area contributed by atoms with Crippen LogP contribution in [0.25, 0.3) is 0 Å². The molecule has 0 atom stereocenters. The first kappa shape index (κ1) is 16.4. The summed E-state index contributed by atoms with van der Waals surface area (Å²) in [5.41, 5.74) is 1.31. The second-order valence-corrected chi connectivity index (χ2v) is 6.20. The summed E-state index contributed by atoms with van der Waals surface area (Å²) in [6.45, 7) is 4.78. The first-order valence-corrected chi connectivity index (χ1v) is 8.15. The Balaban J connectivity index is 1.86. The fourth-order valence-electron chi connectivity index (χ4n) is 2.46. The summed E-state index contributed by atoms with van der Waals surface area (Å²) < 4.78 is 10.2. The summed E-state index contributed by atoms with van der Waals surface area (Å²) in [5, 5.41) is 2.11. The maximum atomic E-state index is 12.5. The largest absolute Gasteiger partial charge is 0.383 e. The van der Waals surface area contributed by atoms with Gasteiger partial charge in [0.2, 0.25) is 5.91 Å². The molecule has 0 aliphatic carbocycles. The number of ether oxygens (including phenoxy) is 2. The van der Waals surface area contributed by atoms with Crippen molar-refractivity contribution in [2.24, 2.45) is 0 Å². The molecule has 0 saturated carbocycles. The SMILES string of the molecule is COCCN(CCOC)CC(=O)N1CCc2sccc2C1. The van der Waals surface area contributed by atoms with Crippen molar-refractivity contribution < 1.29 is 14.3 Å². The van der Waals surface area contributed by atoms with Crippen molar-refractivity contribution in [3.63, 3.8) is 0 Å². The molecule has 0 radical (unpaired) electrons. The zero-order valence-corrected chi connectivity index (χ0v) is 13.7. The molecule has 21 heavy (non-hydrogen) atoms. The zero-order valence-electron chi connectivity index (χ0n) is 12.8. The summed E-state index contributed by atoms with van der Waals surface area (Å²) in [4.78, 5) is 18.0. The van der Waals surface area contributed by atoms with E-state index in [-0.39, 0.29) is 5.91 Å². The minimum absolute atomic E-state index is 0.194. The minimum atomic E-state index is 0.194. The van der Waals surface area contributed by atoms with Crippen molar-refractivity contribution in [1.29, 1.82) is 0 Å². The van der Waals surface area contributed by atoms with Crippen LogP contribution in [-0.2, 0) is 27.2 Å². The van der Waals surface area contributed by atoms with E-state index in [1.807, 2.05) is 4.90 Å². The van der Waals surface area contributed by atoms with E-state index >= 15 is 0 Å². The molecule has 6 heteroatoms. The van der Waals surface area contributed by atoms with Crippen LogP contribution in [0.5, 0.6) is 0 Å². The number of thiophene rings is 1. The lowest BCUT2D eigenvalue weighted by molar-refractivity contribution is -0.133. The van der Waals surface area contributed by atoms with E-state index in [2.05, 4.69) is 16.3 Å². The Labute approximate surface area is 130 Å². The van der Waals surface area contributed by atoms with Gasteiger partial charge >= 0.3 is 0 Å². The molecule has 1 aliphatic heterocycles. The number of nitrogens with zero attached hydrogens (tertiary/aromatic N) is 2. The third-order valence-electron chi connectivity index (χ3n) is 3.74. The van der Waals surface area contributed by atoms with Crippen LogP contribution >= 0.6 is 11.3 Å². The van der Waals surface area contributed by atoms with Crippen LogP contribution in [-0.4, -0.2) is 69.3 Å². The maximum Gasteiger partial charge on any atom is 0.237 e. The highest BCUT2D eigenvalue weighted by Crippen LogP contribution is 2.23. The topological polar surface area (TPSA) is 42.0 Å². The Hall–Kier alpha value is -0.950. The Bertz CT molecular complexity index is 442. The predicted molar refractivity (Wildman–Crippen MR) is 83.6 cm³/mol. The lowest BCUT2D eigenvalue weighted by atomic mass is 10.1. The molecule has 0 N–H and O–H groups in total. The van der Waals surface area contributed by atoms with Crippen LogP contribution in [0.3, 0.4) is 0 Å². The number of fused-ring (bicyclic) bond motifs is 1. The smallest absolute Gasteiger partial charge is 0.237 e. The molecule has 2 heterocycles. The molecule has 0 aromatic carbocycles.